The topological polar surface area (TPSA) is 70.0 Å². The number of carbonyl (C=O) groups is 2. The number of aliphatic imine (C=N–C) groups is 1. The molecule has 28 heavy (non-hydrogen) atoms. The minimum atomic E-state index is -0.678. The zero-order valence-corrected chi connectivity index (χ0v) is 16.4. The molecule has 144 valence electrons. The Hall–Kier alpha value is -3.22. The Morgan fingerprint density at radius 1 is 1.21 bits per heavy atom. The number of likely N-dealkylation sites (N-methyl/N-ethyl adjacent to an activating group) is 1. The lowest BCUT2D eigenvalue weighted by molar-refractivity contribution is -0.679. The molecule has 0 N–H and O–H groups in total. The first-order chi connectivity index (χ1) is 13.3. The molecular weight excluding hydrogens is 356 g/mol. The van der Waals surface area contributed by atoms with Crippen LogP contribution in [-0.4, -0.2) is 41.2 Å². The number of aromatic nitrogens is 1. The number of rotatable bonds is 3. The number of benzene rings is 1. The van der Waals surface area contributed by atoms with Gasteiger partial charge in [-0.2, -0.15) is 4.57 Å². The lowest BCUT2D eigenvalue weighted by Gasteiger charge is -2.31. The SMILES string of the molecule is CN1C(=O)N(C/C=C/c2ccccc2)C(=O)C2C1=Nc1oc(C(C)(C)C)c[n+]12. The summed E-state index contributed by atoms with van der Waals surface area (Å²) < 4.78 is 7.56. The van der Waals surface area contributed by atoms with E-state index in [1.165, 1.54) is 9.80 Å². The summed E-state index contributed by atoms with van der Waals surface area (Å²) in [4.78, 5) is 32.9. The fourth-order valence-corrected chi connectivity index (χ4v) is 3.29. The number of imide groups is 1. The molecule has 2 aromatic rings. The molecule has 1 atom stereocenters. The molecule has 1 unspecified atom stereocenters. The van der Waals surface area contributed by atoms with Crippen LogP contribution in [0.15, 0.2) is 52.0 Å². The van der Waals surface area contributed by atoms with Gasteiger partial charge in [0, 0.05) is 24.0 Å². The van der Waals surface area contributed by atoms with Crippen molar-refractivity contribution in [3.8, 4) is 0 Å². The maximum Gasteiger partial charge on any atom is 0.506 e. The minimum Gasteiger partial charge on any atom is -0.389 e. The molecule has 1 saturated heterocycles. The summed E-state index contributed by atoms with van der Waals surface area (Å²) in [5.41, 5.74) is 0.807. The van der Waals surface area contributed by atoms with Crippen LogP contribution >= 0.6 is 0 Å². The average molecular weight is 379 g/mol. The van der Waals surface area contributed by atoms with Gasteiger partial charge in [0.05, 0.1) is 0 Å². The molecule has 3 heterocycles. The van der Waals surface area contributed by atoms with Gasteiger partial charge in [-0.25, -0.2) is 4.79 Å². The van der Waals surface area contributed by atoms with Crippen LogP contribution in [0.3, 0.4) is 0 Å². The number of hydrogen-bond acceptors (Lipinski definition) is 4. The van der Waals surface area contributed by atoms with Gasteiger partial charge in [-0.1, -0.05) is 63.3 Å². The number of fused-ring (bicyclic) bond motifs is 3. The summed E-state index contributed by atoms with van der Waals surface area (Å²) in [7, 11) is 1.63. The third-order valence-electron chi connectivity index (χ3n) is 4.91. The summed E-state index contributed by atoms with van der Waals surface area (Å²) in [5.74, 6) is 0.843. The van der Waals surface area contributed by atoms with Crippen LogP contribution in [0.4, 0.5) is 10.8 Å². The third kappa shape index (κ3) is 2.93. The fourth-order valence-electron chi connectivity index (χ4n) is 3.29. The standard InChI is InChI=1S/C21H23N4O3/c1-21(2,3)15-13-25-16-17(22-19(25)28-15)23(4)20(27)24(18(16)26)12-8-11-14-9-6-5-7-10-14/h5-11,13,16H,12H2,1-4H3/q+1/b11-8+. The first-order valence-corrected chi connectivity index (χ1v) is 9.22. The number of oxazole rings is 1. The molecule has 1 aromatic heterocycles. The number of carbonyl (C=O) groups excluding carboxylic acids is 2. The smallest absolute Gasteiger partial charge is 0.389 e. The van der Waals surface area contributed by atoms with Crippen molar-refractivity contribution < 1.29 is 18.6 Å². The van der Waals surface area contributed by atoms with Crippen molar-refractivity contribution in [3.63, 3.8) is 0 Å². The molecule has 4 rings (SSSR count). The van der Waals surface area contributed by atoms with E-state index in [9.17, 15) is 9.59 Å². The Balaban J connectivity index is 1.61. The average Bonchev–Trinajstić information content (AvgIpc) is 3.21. The highest BCUT2D eigenvalue weighted by atomic mass is 16.4. The van der Waals surface area contributed by atoms with Crippen molar-refractivity contribution in [2.24, 2.45) is 4.99 Å². The molecule has 7 nitrogen and oxygen atoms in total. The predicted octanol–water partition coefficient (Wildman–Crippen LogP) is 3.06. The maximum atomic E-state index is 13.1. The summed E-state index contributed by atoms with van der Waals surface area (Å²) in [5, 5.41) is 0. The lowest BCUT2D eigenvalue weighted by Crippen LogP contribution is -2.62. The van der Waals surface area contributed by atoms with Gasteiger partial charge in [0.1, 0.15) is 6.20 Å². The normalized spacial score (nSPS) is 19.3. The van der Waals surface area contributed by atoms with Gasteiger partial charge >= 0.3 is 12.0 Å². The monoisotopic (exact) mass is 379 g/mol. The van der Waals surface area contributed by atoms with Crippen molar-refractivity contribution >= 4 is 29.9 Å². The van der Waals surface area contributed by atoms with Gasteiger partial charge in [-0.15, -0.1) is 0 Å². The highest BCUT2D eigenvalue weighted by molar-refractivity contribution is 6.19. The zero-order valence-electron chi connectivity index (χ0n) is 16.4. The summed E-state index contributed by atoms with van der Waals surface area (Å²) in [6.07, 6.45) is 5.53. The van der Waals surface area contributed by atoms with Gasteiger partial charge in [-0.3, -0.25) is 14.6 Å². The molecule has 1 aromatic carbocycles. The largest absolute Gasteiger partial charge is 0.506 e. The van der Waals surface area contributed by atoms with Gasteiger partial charge < -0.3 is 4.42 Å². The summed E-state index contributed by atoms with van der Waals surface area (Å²) in [6, 6.07) is 9.03. The molecule has 0 spiro atoms. The molecule has 1 fully saturated rings. The second kappa shape index (κ2) is 6.44. The predicted molar refractivity (Wildman–Crippen MR) is 104 cm³/mol. The van der Waals surface area contributed by atoms with Crippen LogP contribution in [0.5, 0.6) is 0 Å². The van der Waals surface area contributed by atoms with E-state index in [0.717, 1.165) is 11.3 Å². The van der Waals surface area contributed by atoms with Crippen molar-refractivity contribution in [1.82, 2.24) is 9.80 Å². The molecule has 3 amide bonds. The molecule has 2 aliphatic rings. The van der Waals surface area contributed by atoms with Crippen LogP contribution in [-0.2, 0) is 10.2 Å². The molecule has 0 bridgehead atoms. The molecule has 0 radical (unpaired) electrons. The lowest BCUT2D eigenvalue weighted by atomic mass is 9.94. The Bertz CT molecular complexity index is 998. The Labute approximate surface area is 163 Å². The van der Waals surface area contributed by atoms with Crippen LogP contribution in [0.2, 0.25) is 0 Å². The Morgan fingerprint density at radius 2 is 1.93 bits per heavy atom. The van der Waals surface area contributed by atoms with Gasteiger partial charge in [-0.05, 0) is 5.56 Å². The highest BCUT2D eigenvalue weighted by Crippen LogP contribution is 2.32. The minimum absolute atomic E-state index is 0.195. The van der Waals surface area contributed by atoms with Crippen molar-refractivity contribution in [2.75, 3.05) is 13.6 Å². The van der Waals surface area contributed by atoms with E-state index >= 15 is 0 Å². The van der Waals surface area contributed by atoms with Crippen molar-refractivity contribution in [3.05, 3.63) is 53.9 Å². The van der Waals surface area contributed by atoms with Crippen LogP contribution in [0.25, 0.3) is 6.08 Å². The third-order valence-corrected chi connectivity index (χ3v) is 4.91. The van der Waals surface area contributed by atoms with E-state index in [0.29, 0.717) is 11.9 Å². The first kappa shape index (κ1) is 18.2. The number of hydrogen-bond donors (Lipinski definition) is 0. The number of nitrogens with zero attached hydrogens (tertiary/aromatic N) is 4. The second-order valence-electron chi connectivity index (χ2n) is 8.01. The summed E-state index contributed by atoms with van der Waals surface area (Å²) >= 11 is 0. The van der Waals surface area contributed by atoms with Crippen molar-refractivity contribution in [2.45, 2.75) is 32.2 Å². The maximum absolute atomic E-state index is 13.1. The molecule has 2 aliphatic heterocycles. The van der Waals surface area contributed by atoms with Gasteiger partial charge in [0.25, 0.3) is 17.8 Å². The first-order valence-electron chi connectivity index (χ1n) is 9.22. The zero-order chi connectivity index (χ0) is 20.1. The van der Waals surface area contributed by atoms with E-state index in [1.54, 1.807) is 11.6 Å². The summed E-state index contributed by atoms with van der Waals surface area (Å²) in [6.45, 7) is 6.29. The van der Waals surface area contributed by atoms with E-state index in [4.69, 9.17) is 4.42 Å². The molecular formula is C21H23N4O3+. The van der Waals surface area contributed by atoms with Gasteiger partial charge in [0.15, 0.2) is 5.76 Å². The van der Waals surface area contributed by atoms with Crippen molar-refractivity contribution in [1.29, 1.82) is 0 Å². The Kier molecular flexibility index (Phi) is 4.18. The quantitative estimate of drug-likeness (QED) is 0.770. The molecule has 0 saturated carbocycles. The Morgan fingerprint density at radius 3 is 2.61 bits per heavy atom. The van der Waals surface area contributed by atoms with E-state index < -0.39 is 6.04 Å². The highest BCUT2D eigenvalue weighted by Gasteiger charge is 2.55. The van der Waals surface area contributed by atoms with Crippen LogP contribution in [0.1, 0.15) is 38.1 Å². The molecule has 7 heteroatoms. The van der Waals surface area contributed by atoms with Crippen LogP contribution < -0.4 is 4.57 Å². The molecule has 0 aliphatic carbocycles. The fraction of sp³-hybridized carbons (Fsp3) is 0.333. The van der Waals surface area contributed by atoms with E-state index in [2.05, 4.69) is 4.99 Å². The second-order valence-corrected chi connectivity index (χ2v) is 8.01. The van der Waals surface area contributed by atoms with E-state index in [-0.39, 0.29) is 23.9 Å². The number of urea groups is 1. The van der Waals surface area contributed by atoms with Crippen LogP contribution in [0, 0.1) is 0 Å². The van der Waals surface area contributed by atoms with E-state index in [1.807, 2.05) is 69.5 Å². The number of amidine groups is 1. The van der Waals surface area contributed by atoms with Gasteiger partial charge in [0.2, 0.25) is 0 Å². The number of amides is 3.